The number of phosphoric acid groups is 1. The first-order valence-electron chi connectivity index (χ1n) is 5.68. The number of rotatable bonds is 4. The third kappa shape index (κ3) is 3.84. The van der Waals surface area contributed by atoms with Gasteiger partial charge in [-0.1, -0.05) is 0 Å². The van der Waals surface area contributed by atoms with Crippen LogP contribution in [0.3, 0.4) is 0 Å². The average molecular weight is 324 g/mol. The zero-order valence-corrected chi connectivity index (χ0v) is 11.2. The topological polar surface area (TPSA) is 157 Å². The van der Waals surface area contributed by atoms with Crippen LogP contribution in [-0.4, -0.2) is 33.5 Å². The summed E-state index contributed by atoms with van der Waals surface area (Å²) in [7, 11) is -5.23. The van der Waals surface area contributed by atoms with Crippen LogP contribution in [0.2, 0.25) is 0 Å². The SMILES string of the molecule is O=c1[nH]c(=O)n(C2CC(O)C(COP(=O)([O-])[O-])O2)cc1F. The highest BCUT2D eigenvalue weighted by atomic mass is 31.2. The van der Waals surface area contributed by atoms with Crippen LogP contribution >= 0.6 is 7.82 Å². The minimum atomic E-state index is -5.23. The fourth-order valence-corrected chi connectivity index (χ4v) is 2.20. The lowest BCUT2D eigenvalue weighted by Gasteiger charge is -2.30. The quantitative estimate of drug-likeness (QED) is 0.561. The third-order valence-corrected chi connectivity index (χ3v) is 3.30. The zero-order chi connectivity index (χ0) is 15.8. The molecule has 0 saturated carbocycles. The van der Waals surface area contributed by atoms with Gasteiger partial charge in [0.25, 0.3) is 5.56 Å². The van der Waals surface area contributed by atoms with Crippen molar-refractivity contribution in [1.82, 2.24) is 9.55 Å². The number of ether oxygens (including phenoxy) is 1. The van der Waals surface area contributed by atoms with Crippen molar-refractivity contribution < 1.29 is 33.1 Å². The van der Waals surface area contributed by atoms with Gasteiger partial charge in [0.1, 0.15) is 12.3 Å². The van der Waals surface area contributed by atoms with E-state index in [1.165, 1.54) is 0 Å². The Morgan fingerprint density at radius 2 is 2.24 bits per heavy atom. The molecule has 0 spiro atoms. The molecule has 3 atom stereocenters. The molecule has 1 aromatic rings. The van der Waals surface area contributed by atoms with Crippen molar-refractivity contribution >= 4 is 7.82 Å². The Hall–Kier alpha value is -1.36. The van der Waals surface area contributed by atoms with Crippen LogP contribution in [0.1, 0.15) is 12.6 Å². The highest BCUT2D eigenvalue weighted by molar-refractivity contribution is 7.43. The summed E-state index contributed by atoms with van der Waals surface area (Å²) in [5.74, 6) is -1.23. The van der Waals surface area contributed by atoms with Gasteiger partial charge in [0.15, 0.2) is 0 Å². The summed E-state index contributed by atoms with van der Waals surface area (Å²) in [5.41, 5.74) is -2.16. The van der Waals surface area contributed by atoms with Gasteiger partial charge < -0.3 is 28.7 Å². The molecule has 3 unspecified atom stereocenters. The van der Waals surface area contributed by atoms with Crippen molar-refractivity contribution in [2.45, 2.75) is 24.9 Å². The Bertz CT molecular complexity index is 681. The number of hydrogen-bond donors (Lipinski definition) is 2. The molecular formula is C9H10FN2O8P-2. The number of hydrogen-bond acceptors (Lipinski definition) is 8. The third-order valence-electron chi connectivity index (χ3n) is 2.84. The molecule has 2 rings (SSSR count). The fourth-order valence-electron chi connectivity index (χ4n) is 1.88. The van der Waals surface area contributed by atoms with E-state index in [0.29, 0.717) is 10.8 Å². The maximum absolute atomic E-state index is 13.1. The van der Waals surface area contributed by atoms with Crippen LogP contribution < -0.4 is 21.0 Å². The second kappa shape index (κ2) is 5.79. The van der Waals surface area contributed by atoms with E-state index in [4.69, 9.17) is 4.74 Å². The van der Waals surface area contributed by atoms with Crippen LogP contribution in [0.5, 0.6) is 0 Å². The van der Waals surface area contributed by atoms with E-state index in [-0.39, 0.29) is 6.42 Å². The second-order valence-corrected chi connectivity index (χ2v) is 5.47. The molecule has 2 heterocycles. The van der Waals surface area contributed by atoms with Gasteiger partial charge in [0, 0.05) is 6.42 Å². The smallest absolute Gasteiger partial charge is 0.330 e. The predicted octanol–water partition coefficient (Wildman–Crippen LogP) is -2.83. The van der Waals surface area contributed by atoms with Crippen LogP contribution in [0.4, 0.5) is 4.39 Å². The van der Waals surface area contributed by atoms with Crippen molar-refractivity contribution in [2.75, 3.05) is 6.61 Å². The van der Waals surface area contributed by atoms with Crippen molar-refractivity contribution in [1.29, 1.82) is 0 Å². The minimum absolute atomic E-state index is 0.179. The number of aliphatic hydroxyl groups is 1. The van der Waals surface area contributed by atoms with E-state index >= 15 is 0 Å². The molecule has 118 valence electrons. The molecular weight excluding hydrogens is 314 g/mol. The molecule has 0 amide bonds. The fraction of sp³-hybridized carbons (Fsp3) is 0.556. The molecule has 0 aliphatic carbocycles. The molecule has 0 aromatic carbocycles. The molecule has 0 bridgehead atoms. The molecule has 21 heavy (non-hydrogen) atoms. The van der Waals surface area contributed by atoms with Crippen molar-refractivity contribution in [3.05, 3.63) is 32.9 Å². The largest absolute Gasteiger partial charge is 0.790 e. The van der Waals surface area contributed by atoms with Crippen molar-refractivity contribution in [2.24, 2.45) is 0 Å². The van der Waals surface area contributed by atoms with Gasteiger partial charge in [-0.2, -0.15) is 4.39 Å². The van der Waals surface area contributed by atoms with Crippen LogP contribution in [-0.2, 0) is 13.8 Å². The molecule has 0 radical (unpaired) electrons. The average Bonchev–Trinajstić information content (AvgIpc) is 2.72. The lowest BCUT2D eigenvalue weighted by Crippen LogP contribution is -2.34. The Balaban J connectivity index is 2.14. The van der Waals surface area contributed by atoms with E-state index in [9.17, 15) is 33.4 Å². The molecule has 2 N–H and O–H groups in total. The summed E-state index contributed by atoms with van der Waals surface area (Å²) < 4.78 is 33.3. The highest BCUT2D eigenvalue weighted by Gasteiger charge is 2.36. The van der Waals surface area contributed by atoms with E-state index in [1.807, 2.05) is 0 Å². The number of halogens is 1. The lowest BCUT2D eigenvalue weighted by atomic mass is 10.2. The number of aromatic amines is 1. The zero-order valence-electron chi connectivity index (χ0n) is 10.3. The Morgan fingerprint density at radius 3 is 2.86 bits per heavy atom. The second-order valence-electron chi connectivity index (χ2n) is 4.32. The normalized spacial score (nSPS) is 26.2. The van der Waals surface area contributed by atoms with Gasteiger partial charge in [0.05, 0.1) is 26.7 Å². The standard InChI is InChI=1S/C9H12FN2O8P/c10-4-2-12(9(15)11-8(4)14)7-1-5(13)6(20-7)3-19-21(16,17)18/h2,5-7,13H,1,3H2,(H,11,14,15)(H2,16,17,18)/p-2. The van der Waals surface area contributed by atoms with Crippen LogP contribution in [0.25, 0.3) is 0 Å². The summed E-state index contributed by atoms with van der Waals surface area (Å²) in [6.45, 7) is -0.734. The van der Waals surface area contributed by atoms with Gasteiger partial charge in [-0.3, -0.25) is 14.3 Å². The van der Waals surface area contributed by atoms with E-state index in [2.05, 4.69) is 4.52 Å². The summed E-state index contributed by atoms with van der Waals surface area (Å²) in [5, 5.41) is 9.65. The molecule has 10 nitrogen and oxygen atoms in total. The summed E-state index contributed by atoms with van der Waals surface area (Å²) in [6.07, 6.45) is -3.13. The highest BCUT2D eigenvalue weighted by Crippen LogP contribution is 2.31. The van der Waals surface area contributed by atoms with Crippen LogP contribution in [0.15, 0.2) is 15.8 Å². The van der Waals surface area contributed by atoms with Gasteiger partial charge in [-0.05, 0) is 0 Å². The molecule has 1 aliphatic heterocycles. The van der Waals surface area contributed by atoms with Crippen molar-refractivity contribution in [3.63, 3.8) is 0 Å². The summed E-state index contributed by atoms with van der Waals surface area (Å²) >= 11 is 0. The first kappa shape index (κ1) is 16.0. The molecule has 1 saturated heterocycles. The monoisotopic (exact) mass is 324 g/mol. The lowest BCUT2D eigenvalue weighted by molar-refractivity contribution is -0.343. The van der Waals surface area contributed by atoms with E-state index in [1.54, 1.807) is 4.98 Å². The number of aromatic nitrogens is 2. The summed E-state index contributed by atoms with van der Waals surface area (Å²) in [4.78, 5) is 44.8. The maximum atomic E-state index is 13.1. The maximum Gasteiger partial charge on any atom is 0.330 e. The number of H-pyrrole nitrogens is 1. The first-order valence-corrected chi connectivity index (χ1v) is 7.14. The van der Waals surface area contributed by atoms with Gasteiger partial charge in [0.2, 0.25) is 5.82 Å². The first-order chi connectivity index (χ1) is 9.67. The van der Waals surface area contributed by atoms with Crippen LogP contribution in [0, 0.1) is 5.82 Å². The van der Waals surface area contributed by atoms with E-state index < -0.39 is 49.9 Å². The number of nitrogens with one attached hydrogen (secondary N) is 1. The molecule has 1 aromatic heterocycles. The van der Waals surface area contributed by atoms with Crippen molar-refractivity contribution in [3.8, 4) is 0 Å². The summed E-state index contributed by atoms with van der Waals surface area (Å²) in [6, 6.07) is 0. The molecule has 12 heteroatoms. The number of aliphatic hydroxyl groups excluding tert-OH is 1. The predicted molar refractivity (Wildman–Crippen MR) is 59.4 cm³/mol. The Kier molecular flexibility index (Phi) is 4.42. The Labute approximate surface area is 116 Å². The van der Waals surface area contributed by atoms with Gasteiger partial charge in [-0.25, -0.2) is 4.79 Å². The number of nitrogens with zero attached hydrogens (tertiary/aromatic N) is 1. The molecule has 1 aliphatic rings. The number of phosphoric ester groups is 1. The van der Waals surface area contributed by atoms with Gasteiger partial charge in [-0.15, -0.1) is 0 Å². The molecule has 1 fully saturated rings. The van der Waals surface area contributed by atoms with E-state index in [0.717, 1.165) is 0 Å². The minimum Gasteiger partial charge on any atom is -0.790 e. The van der Waals surface area contributed by atoms with Gasteiger partial charge >= 0.3 is 5.69 Å². The Morgan fingerprint density at radius 1 is 1.57 bits per heavy atom.